The highest BCUT2D eigenvalue weighted by Crippen LogP contribution is 2.18. The van der Waals surface area contributed by atoms with Gasteiger partial charge in [-0.15, -0.1) is 0 Å². The Hall–Kier alpha value is -1.64. The standard InChI is InChI=1S/C13H15FN2/c1-4-13-9(2)15-16(10(13)3)12-7-5-11(14)6-8-12/h5-8H,4H2,1-3H3. The largest absolute Gasteiger partial charge is 0.238 e. The van der Waals surface area contributed by atoms with Crippen molar-refractivity contribution in [2.75, 3.05) is 0 Å². The van der Waals surface area contributed by atoms with E-state index in [-0.39, 0.29) is 5.82 Å². The van der Waals surface area contributed by atoms with Crippen LogP contribution < -0.4 is 0 Å². The fourth-order valence-corrected chi connectivity index (χ4v) is 2.02. The number of aryl methyl sites for hydroxylation is 1. The number of aromatic nitrogens is 2. The van der Waals surface area contributed by atoms with Crippen molar-refractivity contribution in [1.82, 2.24) is 9.78 Å². The molecule has 3 heteroatoms. The van der Waals surface area contributed by atoms with E-state index in [0.717, 1.165) is 23.5 Å². The predicted molar refractivity (Wildman–Crippen MR) is 62.4 cm³/mol. The summed E-state index contributed by atoms with van der Waals surface area (Å²) >= 11 is 0. The summed E-state index contributed by atoms with van der Waals surface area (Å²) in [4.78, 5) is 0. The van der Waals surface area contributed by atoms with Gasteiger partial charge in [0.1, 0.15) is 5.82 Å². The van der Waals surface area contributed by atoms with E-state index >= 15 is 0 Å². The number of hydrogen-bond acceptors (Lipinski definition) is 1. The van der Waals surface area contributed by atoms with Gasteiger partial charge >= 0.3 is 0 Å². The van der Waals surface area contributed by atoms with Gasteiger partial charge < -0.3 is 0 Å². The van der Waals surface area contributed by atoms with Crippen molar-refractivity contribution >= 4 is 0 Å². The molecule has 0 unspecified atom stereocenters. The molecule has 2 rings (SSSR count). The van der Waals surface area contributed by atoms with Crippen molar-refractivity contribution < 1.29 is 4.39 Å². The summed E-state index contributed by atoms with van der Waals surface area (Å²) in [6.45, 7) is 6.17. The predicted octanol–water partition coefficient (Wildman–Crippen LogP) is 3.19. The first-order valence-corrected chi connectivity index (χ1v) is 5.44. The fourth-order valence-electron chi connectivity index (χ4n) is 2.02. The smallest absolute Gasteiger partial charge is 0.123 e. The molecule has 0 fully saturated rings. The summed E-state index contributed by atoms with van der Waals surface area (Å²) in [7, 11) is 0. The molecule has 2 aromatic rings. The van der Waals surface area contributed by atoms with Crippen LogP contribution in [0.15, 0.2) is 24.3 Å². The van der Waals surface area contributed by atoms with E-state index in [9.17, 15) is 4.39 Å². The number of hydrogen-bond donors (Lipinski definition) is 0. The number of benzene rings is 1. The lowest BCUT2D eigenvalue weighted by Gasteiger charge is -2.04. The average Bonchev–Trinajstić information content (AvgIpc) is 2.55. The molecule has 0 bridgehead atoms. The SMILES string of the molecule is CCc1c(C)nn(-c2ccc(F)cc2)c1C. The number of nitrogens with zero attached hydrogens (tertiary/aromatic N) is 2. The summed E-state index contributed by atoms with van der Waals surface area (Å²) in [6, 6.07) is 6.40. The van der Waals surface area contributed by atoms with Crippen molar-refractivity contribution in [3.63, 3.8) is 0 Å². The van der Waals surface area contributed by atoms with Crippen LogP contribution in [-0.2, 0) is 6.42 Å². The van der Waals surface area contributed by atoms with Gasteiger partial charge in [0.15, 0.2) is 0 Å². The molecule has 1 aromatic heterocycles. The molecule has 0 aliphatic heterocycles. The summed E-state index contributed by atoms with van der Waals surface area (Å²) in [5, 5.41) is 4.48. The Bertz CT molecular complexity index is 497. The molecule has 0 amide bonds. The second kappa shape index (κ2) is 4.08. The Morgan fingerprint density at radius 3 is 2.31 bits per heavy atom. The lowest BCUT2D eigenvalue weighted by atomic mass is 10.1. The van der Waals surface area contributed by atoms with Gasteiger partial charge in [-0.3, -0.25) is 0 Å². The Balaban J connectivity index is 2.52. The van der Waals surface area contributed by atoms with Crippen LogP contribution in [0.1, 0.15) is 23.9 Å². The van der Waals surface area contributed by atoms with E-state index in [2.05, 4.69) is 12.0 Å². The monoisotopic (exact) mass is 218 g/mol. The Labute approximate surface area is 94.7 Å². The fraction of sp³-hybridized carbons (Fsp3) is 0.308. The van der Waals surface area contributed by atoms with Crippen molar-refractivity contribution in [3.8, 4) is 5.69 Å². The zero-order valence-corrected chi connectivity index (χ0v) is 9.79. The summed E-state index contributed by atoms with van der Waals surface area (Å²) in [6.07, 6.45) is 0.971. The first kappa shape index (κ1) is 10.9. The maximum atomic E-state index is 12.8. The van der Waals surface area contributed by atoms with Crippen LogP contribution in [0.2, 0.25) is 0 Å². The van der Waals surface area contributed by atoms with Crippen molar-refractivity contribution in [2.45, 2.75) is 27.2 Å². The maximum absolute atomic E-state index is 12.8. The summed E-state index contributed by atoms with van der Waals surface area (Å²) in [5.41, 5.74) is 4.35. The van der Waals surface area contributed by atoms with Crippen LogP contribution in [0.4, 0.5) is 4.39 Å². The normalized spacial score (nSPS) is 10.8. The number of halogens is 1. The molecule has 2 nitrogen and oxygen atoms in total. The van der Waals surface area contributed by atoms with E-state index in [0.29, 0.717) is 0 Å². The quantitative estimate of drug-likeness (QED) is 0.757. The molecule has 1 heterocycles. The Kier molecular flexibility index (Phi) is 2.77. The molecule has 0 aliphatic rings. The van der Waals surface area contributed by atoms with E-state index in [1.54, 1.807) is 12.1 Å². The van der Waals surface area contributed by atoms with Crippen molar-refractivity contribution in [1.29, 1.82) is 0 Å². The highest BCUT2D eigenvalue weighted by Gasteiger charge is 2.10. The van der Waals surface area contributed by atoms with Crippen LogP contribution >= 0.6 is 0 Å². The van der Waals surface area contributed by atoms with Crippen LogP contribution in [-0.4, -0.2) is 9.78 Å². The van der Waals surface area contributed by atoms with Crippen LogP contribution in [0.3, 0.4) is 0 Å². The van der Waals surface area contributed by atoms with Crippen LogP contribution in [0, 0.1) is 19.7 Å². The molecule has 0 N–H and O–H groups in total. The molecule has 0 spiro atoms. The van der Waals surface area contributed by atoms with E-state index in [1.807, 2.05) is 18.5 Å². The molecule has 16 heavy (non-hydrogen) atoms. The highest BCUT2D eigenvalue weighted by atomic mass is 19.1. The second-order valence-corrected chi connectivity index (χ2v) is 3.89. The minimum absolute atomic E-state index is 0.221. The minimum atomic E-state index is -0.221. The van der Waals surface area contributed by atoms with Gasteiger partial charge in [0.05, 0.1) is 11.4 Å². The van der Waals surface area contributed by atoms with Crippen LogP contribution in [0.5, 0.6) is 0 Å². The molecule has 84 valence electrons. The van der Waals surface area contributed by atoms with Crippen molar-refractivity contribution in [3.05, 3.63) is 47.0 Å². The zero-order chi connectivity index (χ0) is 11.7. The van der Waals surface area contributed by atoms with Gasteiger partial charge in [0.25, 0.3) is 0 Å². The molecule has 0 radical (unpaired) electrons. The Morgan fingerprint density at radius 2 is 1.81 bits per heavy atom. The average molecular weight is 218 g/mol. The molecule has 0 saturated carbocycles. The van der Waals surface area contributed by atoms with Gasteiger partial charge in [-0.05, 0) is 50.1 Å². The van der Waals surface area contributed by atoms with E-state index < -0.39 is 0 Å². The Morgan fingerprint density at radius 1 is 1.19 bits per heavy atom. The lowest BCUT2D eigenvalue weighted by Crippen LogP contribution is -1.99. The molecular formula is C13H15FN2. The molecule has 1 aromatic carbocycles. The molecule has 0 aliphatic carbocycles. The number of rotatable bonds is 2. The van der Waals surface area contributed by atoms with E-state index in [4.69, 9.17) is 0 Å². The van der Waals surface area contributed by atoms with Gasteiger partial charge in [-0.25, -0.2) is 9.07 Å². The minimum Gasteiger partial charge on any atom is -0.238 e. The highest BCUT2D eigenvalue weighted by molar-refractivity contribution is 5.37. The lowest BCUT2D eigenvalue weighted by molar-refractivity contribution is 0.627. The first-order valence-electron chi connectivity index (χ1n) is 5.44. The third-order valence-corrected chi connectivity index (χ3v) is 2.87. The topological polar surface area (TPSA) is 17.8 Å². The molecular weight excluding hydrogens is 203 g/mol. The van der Waals surface area contributed by atoms with Crippen LogP contribution in [0.25, 0.3) is 5.69 Å². The van der Waals surface area contributed by atoms with Crippen molar-refractivity contribution in [2.24, 2.45) is 0 Å². The molecule has 0 atom stereocenters. The summed E-state index contributed by atoms with van der Waals surface area (Å²) in [5.74, 6) is -0.221. The first-order chi connectivity index (χ1) is 7.63. The van der Waals surface area contributed by atoms with Gasteiger partial charge in [-0.2, -0.15) is 5.10 Å². The third kappa shape index (κ3) is 1.73. The van der Waals surface area contributed by atoms with E-state index in [1.165, 1.54) is 17.7 Å². The van der Waals surface area contributed by atoms with Gasteiger partial charge in [0.2, 0.25) is 0 Å². The second-order valence-electron chi connectivity index (χ2n) is 3.89. The third-order valence-electron chi connectivity index (χ3n) is 2.87. The van der Waals surface area contributed by atoms with Gasteiger partial charge in [0, 0.05) is 5.69 Å². The summed E-state index contributed by atoms with van der Waals surface area (Å²) < 4.78 is 14.7. The zero-order valence-electron chi connectivity index (χ0n) is 9.79. The maximum Gasteiger partial charge on any atom is 0.123 e. The van der Waals surface area contributed by atoms with Gasteiger partial charge in [-0.1, -0.05) is 6.92 Å². The molecule has 0 saturated heterocycles.